The highest BCUT2D eigenvalue weighted by Crippen LogP contribution is 2.44. The zero-order chi connectivity index (χ0) is 32.2. The summed E-state index contributed by atoms with van der Waals surface area (Å²) in [6.45, 7) is 12.3. The highest BCUT2D eigenvalue weighted by atomic mass is 16.6. The van der Waals surface area contributed by atoms with E-state index in [4.69, 9.17) is 9.84 Å². The van der Waals surface area contributed by atoms with Gasteiger partial charge in [-0.3, -0.25) is 14.4 Å². The second-order valence-corrected chi connectivity index (χ2v) is 12.4. The van der Waals surface area contributed by atoms with E-state index in [-0.39, 0.29) is 75.1 Å². The van der Waals surface area contributed by atoms with Gasteiger partial charge in [0.2, 0.25) is 11.8 Å². The fourth-order valence-electron chi connectivity index (χ4n) is 5.78. The maximum absolute atomic E-state index is 13.4. The van der Waals surface area contributed by atoms with E-state index in [1.165, 1.54) is 0 Å². The summed E-state index contributed by atoms with van der Waals surface area (Å²) in [6, 6.07) is 16.4. The lowest BCUT2D eigenvalue weighted by Crippen LogP contribution is -2.42. The molecule has 0 radical (unpaired) electrons. The molecule has 3 rings (SSSR count). The maximum Gasteiger partial charge on any atom is 0.409 e. The van der Waals surface area contributed by atoms with Gasteiger partial charge >= 0.3 is 12.1 Å². The van der Waals surface area contributed by atoms with Crippen molar-refractivity contribution in [3.8, 4) is 11.1 Å². The van der Waals surface area contributed by atoms with E-state index in [1.807, 2.05) is 58.9 Å². The van der Waals surface area contributed by atoms with Crippen molar-refractivity contribution in [3.63, 3.8) is 0 Å². The number of carbonyl (C=O) groups excluding carboxylic acids is 3. The van der Waals surface area contributed by atoms with Gasteiger partial charge in [-0.05, 0) is 40.5 Å². The fourth-order valence-corrected chi connectivity index (χ4v) is 5.78. The number of carbonyl (C=O) groups is 4. The van der Waals surface area contributed by atoms with E-state index in [9.17, 15) is 19.2 Å². The molecule has 240 valence electrons. The summed E-state index contributed by atoms with van der Waals surface area (Å²) < 4.78 is 5.90. The first-order valence-corrected chi connectivity index (χ1v) is 15.9. The summed E-state index contributed by atoms with van der Waals surface area (Å²) in [5.41, 5.74) is 4.62. The van der Waals surface area contributed by atoms with Crippen LogP contribution in [0.1, 0.15) is 77.3 Å². The van der Waals surface area contributed by atoms with Crippen LogP contribution in [-0.4, -0.2) is 89.6 Å². The van der Waals surface area contributed by atoms with Gasteiger partial charge in [-0.25, -0.2) is 4.79 Å². The normalized spacial score (nSPS) is 12.2. The molecule has 0 atom stereocenters. The van der Waals surface area contributed by atoms with Crippen molar-refractivity contribution >= 4 is 23.9 Å². The maximum atomic E-state index is 13.4. The van der Waals surface area contributed by atoms with Crippen LogP contribution in [0.5, 0.6) is 0 Å². The van der Waals surface area contributed by atoms with Crippen LogP contribution in [0.25, 0.3) is 11.1 Å². The fraction of sp³-hybridized carbons (Fsp3) is 0.543. The SMILES string of the molecule is CCCN(CCC(=O)O)C(=O)CCN(CC(C)C)C(=O)CCN(CC(C)C)C(=O)OCC1c2ccccc2-c2ccccc21. The number of ether oxygens (including phenoxy) is 1. The Morgan fingerprint density at radius 2 is 1.18 bits per heavy atom. The average Bonchev–Trinajstić information content (AvgIpc) is 3.31. The third-order valence-corrected chi connectivity index (χ3v) is 7.75. The van der Waals surface area contributed by atoms with Crippen molar-refractivity contribution in [3.05, 3.63) is 59.7 Å². The molecule has 9 heteroatoms. The molecule has 2 aromatic carbocycles. The number of rotatable bonds is 17. The summed E-state index contributed by atoms with van der Waals surface area (Å²) in [5, 5.41) is 9.04. The molecule has 1 aliphatic rings. The molecule has 0 bridgehead atoms. The average molecular weight is 608 g/mol. The molecule has 0 heterocycles. The van der Waals surface area contributed by atoms with Gasteiger partial charge in [0.1, 0.15) is 6.61 Å². The Morgan fingerprint density at radius 1 is 0.705 bits per heavy atom. The highest BCUT2D eigenvalue weighted by Gasteiger charge is 2.30. The van der Waals surface area contributed by atoms with Gasteiger partial charge in [0.05, 0.1) is 6.42 Å². The smallest absolute Gasteiger partial charge is 0.409 e. The van der Waals surface area contributed by atoms with E-state index in [0.717, 1.165) is 28.7 Å². The number of amides is 3. The number of nitrogens with zero attached hydrogens (tertiary/aromatic N) is 3. The second-order valence-electron chi connectivity index (χ2n) is 12.4. The molecule has 3 amide bonds. The minimum absolute atomic E-state index is 0.0456. The predicted octanol–water partition coefficient (Wildman–Crippen LogP) is 5.87. The minimum Gasteiger partial charge on any atom is -0.481 e. The van der Waals surface area contributed by atoms with Crippen LogP contribution in [-0.2, 0) is 19.1 Å². The van der Waals surface area contributed by atoms with Gasteiger partial charge in [-0.15, -0.1) is 0 Å². The lowest BCUT2D eigenvalue weighted by Gasteiger charge is -2.29. The number of aliphatic carboxylic acids is 1. The molecule has 0 aliphatic heterocycles. The summed E-state index contributed by atoms with van der Waals surface area (Å²) in [4.78, 5) is 55.6. The zero-order valence-corrected chi connectivity index (χ0v) is 27.0. The van der Waals surface area contributed by atoms with Crippen LogP contribution >= 0.6 is 0 Å². The van der Waals surface area contributed by atoms with Gasteiger partial charge in [-0.1, -0.05) is 83.1 Å². The van der Waals surface area contributed by atoms with Crippen molar-refractivity contribution in [1.29, 1.82) is 0 Å². The monoisotopic (exact) mass is 607 g/mol. The number of fused-ring (bicyclic) bond motifs is 3. The highest BCUT2D eigenvalue weighted by molar-refractivity contribution is 5.81. The molecule has 0 fully saturated rings. The standard InChI is InChI=1S/C35H49N3O6/c1-6-18-36(21-17-34(41)42)32(39)15-19-37(22-25(2)3)33(40)16-20-38(23-26(4)5)35(43)44-24-31-29-13-9-7-11-27(29)28-12-8-10-14-30(28)31/h7-14,25-26,31H,6,15-24H2,1-5H3,(H,41,42). The van der Waals surface area contributed by atoms with Crippen LogP contribution in [0.2, 0.25) is 0 Å². The molecule has 1 N–H and O–H groups in total. The molecule has 1 aliphatic carbocycles. The summed E-state index contributed by atoms with van der Waals surface area (Å²) in [7, 11) is 0. The van der Waals surface area contributed by atoms with Crippen LogP contribution in [0.15, 0.2) is 48.5 Å². The quantitative estimate of drug-likeness (QED) is 0.241. The third kappa shape index (κ3) is 9.82. The number of carboxylic acid groups (broad SMARTS) is 1. The zero-order valence-electron chi connectivity index (χ0n) is 27.0. The van der Waals surface area contributed by atoms with E-state index in [2.05, 4.69) is 24.3 Å². The molecule has 44 heavy (non-hydrogen) atoms. The Morgan fingerprint density at radius 3 is 1.70 bits per heavy atom. The van der Waals surface area contributed by atoms with Gasteiger partial charge < -0.3 is 24.5 Å². The van der Waals surface area contributed by atoms with Crippen molar-refractivity contribution in [2.45, 2.75) is 66.2 Å². The van der Waals surface area contributed by atoms with Gasteiger partial charge in [0, 0.05) is 58.0 Å². The molecule has 0 aromatic heterocycles. The summed E-state index contributed by atoms with van der Waals surface area (Å²) in [6.07, 6.45) is 0.423. The Hall–Kier alpha value is -3.88. The number of hydrogen-bond acceptors (Lipinski definition) is 5. The van der Waals surface area contributed by atoms with Crippen LogP contribution in [0, 0.1) is 11.8 Å². The molecule has 0 saturated heterocycles. The van der Waals surface area contributed by atoms with E-state index in [0.29, 0.717) is 19.6 Å². The lowest BCUT2D eigenvalue weighted by molar-refractivity contribution is -0.138. The molecule has 0 unspecified atom stereocenters. The van der Waals surface area contributed by atoms with E-state index < -0.39 is 12.1 Å². The van der Waals surface area contributed by atoms with Gasteiger partial charge in [0.15, 0.2) is 0 Å². The lowest BCUT2D eigenvalue weighted by atomic mass is 9.98. The number of carboxylic acids is 1. The summed E-state index contributed by atoms with van der Waals surface area (Å²) in [5.74, 6) is -0.894. The molecular formula is C35H49N3O6. The van der Waals surface area contributed by atoms with Crippen molar-refractivity contribution in [2.75, 3.05) is 45.9 Å². The summed E-state index contributed by atoms with van der Waals surface area (Å²) >= 11 is 0. The predicted molar refractivity (Wildman–Crippen MR) is 171 cm³/mol. The van der Waals surface area contributed by atoms with Crippen LogP contribution in [0.3, 0.4) is 0 Å². The molecule has 0 saturated carbocycles. The van der Waals surface area contributed by atoms with Gasteiger partial charge in [-0.2, -0.15) is 0 Å². The van der Waals surface area contributed by atoms with Crippen LogP contribution in [0.4, 0.5) is 4.79 Å². The van der Waals surface area contributed by atoms with Crippen molar-refractivity contribution in [2.24, 2.45) is 11.8 Å². The largest absolute Gasteiger partial charge is 0.481 e. The van der Waals surface area contributed by atoms with Crippen molar-refractivity contribution < 1.29 is 29.0 Å². The Balaban J connectivity index is 1.62. The third-order valence-electron chi connectivity index (χ3n) is 7.75. The van der Waals surface area contributed by atoms with E-state index >= 15 is 0 Å². The Kier molecular flexibility index (Phi) is 13.2. The molecule has 9 nitrogen and oxygen atoms in total. The Bertz CT molecular complexity index is 1230. The second kappa shape index (κ2) is 16.8. The topological polar surface area (TPSA) is 107 Å². The first-order valence-electron chi connectivity index (χ1n) is 15.9. The first-order chi connectivity index (χ1) is 21.0. The molecule has 0 spiro atoms. The number of hydrogen-bond donors (Lipinski definition) is 1. The first kappa shape index (κ1) is 34.6. The molecule has 2 aromatic rings. The van der Waals surface area contributed by atoms with Crippen LogP contribution < -0.4 is 0 Å². The molecular weight excluding hydrogens is 558 g/mol. The Labute approximate surface area is 262 Å². The van der Waals surface area contributed by atoms with Gasteiger partial charge in [0.25, 0.3) is 0 Å². The van der Waals surface area contributed by atoms with E-state index in [1.54, 1.807) is 14.7 Å². The number of benzene rings is 2. The van der Waals surface area contributed by atoms with Crippen molar-refractivity contribution in [1.82, 2.24) is 14.7 Å². The minimum atomic E-state index is -0.946.